The van der Waals surface area contributed by atoms with Crippen molar-refractivity contribution in [3.05, 3.63) is 30.3 Å². The summed E-state index contributed by atoms with van der Waals surface area (Å²) in [6.07, 6.45) is -0.424. The highest BCUT2D eigenvalue weighted by Gasteiger charge is 2.34. The van der Waals surface area contributed by atoms with E-state index in [0.29, 0.717) is 18.8 Å². The standard InChI is InChI=1S/C21H27N3O7S/c1-2-29-18(26)9-8-17(25)23-21(32)24-11-10-22-20(28)16(24)14-19(27)31-13-12-30-15-6-4-3-5-7-15/h3-7,16H,2,8-14H2,1H3,(H,22,28)(H,23,25,32). The topological polar surface area (TPSA) is 123 Å². The minimum atomic E-state index is -0.913. The van der Waals surface area contributed by atoms with Gasteiger partial charge in [-0.2, -0.15) is 0 Å². The Balaban J connectivity index is 1.80. The maximum absolute atomic E-state index is 12.3. The van der Waals surface area contributed by atoms with E-state index in [1.54, 1.807) is 19.1 Å². The van der Waals surface area contributed by atoms with E-state index in [1.807, 2.05) is 18.2 Å². The number of para-hydroxylation sites is 1. The second kappa shape index (κ2) is 13.3. The zero-order chi connectivity index (χ0) is 23.3. The molecule has 1 atom stereocenters. The zero-order valence-corrected chi connectivity index (χ0v) is 18.7. The van der Waals surface area contributed by atoms with Gasteiger partial charge in [0, 0.05) is 19.5 Å². The highest BCUT2D eigenvalue weighted by molar-refractivity contribution is 7.80. The fraction of sp³-hybridized carbons (Fsp3) is 0.476. The van der Waals surface area contributed by atoms with Crippen LogP contribution in [0.3, 0.4) is 0 Å². The third-order valence-corrected chi connectivity index (χ3v) is 4.75. The first-order chi connectivity index (χ1) is 15.4. The first kappa shape index (κ1) is 25.1. The molecule has 174 valence electrons. The van der Waals surface area contributed by atoms with Gasteiger partial charge < -0.3 is 29.7 Å². The van der Waals surface area contributed by atoms with Crippen LogP contribution >= 0.6 is 12.2 Å². The van der Waals surface area contributed by atoms with E-state index >= 15 is 0 Å². The number of hydrogen-bond donors (Lipinski definition) is 2. The van der Waals surface area contributed by atoms with Gasteiger partial charge in [0.25, 0.3) is 0 Å². The quantitative estimate of drug-likeness (QED) is 0.290. The number of esters is 2. The molecular formula is C21H27N3O7S. The van der Waals surface area contributed by atoms with Gasteiger partial charge in [0.05, 0.1) is 19.4 Å². The van der Waals surface area contributed by atoms with Crippen LogP contribution in [-0.4, -0.2) is 72.7 Å². The summed E-state index contributed by atoms with van der Waals surface area (Å²) < 4.78 is 15.4. The number of ether oxygens (including phenoxy) is 3. The summed E-state index contributed by atoms with van der Waals surface area (Å²) in [5.41, 5.74) is 0. The number of thiocarbonyl (C=S) groups is 1. The van der Waals surface area contributed by atoms with Gasteiger partial charge in [-0.15, -0.1) is 0 Å². The number of piperazine rings is 1. The van der Waals surface area contributed by atoms with E-state index in [9.17, 15) is 19.2 Å². The molecule has 32 heavy (non-hydrogen) atoms. The Morgan fingerprint density at radius 3 is 2.59 bits per heavy atom. The minimum absolute atomic E-state index is 0.0129. The van der Waals surface area contributed by atoms with Gasteiger partial charge in [-0.25, -0.2) is 0 Å². The molecule has 2 rings (SSSR count). The minimum Gasteiger partial charge on any atom is -0.490 e. The maximum atomic E-state index is 12.3. The summed E-state index contributed by atoms with van der Waals surface area (Å²) in [6, 6.07) is 8.18. The van der Waals surface area contributed by atoms with Gasteiger partial charge in [-0.05, 0) is 31.3 Å². The monoisotopic (exact) mass is 465 g/mol. The van der Waals surface area contributed by atoms with Gasteiger partial charge >= 0.3 is 11.9 Å². The fourth-order valence-corrected chi connectivity index (χ4v) is 3.24. The van der Waals surface area contributed by atoms with Crippen molar-refractivity contribution in [1.82, 2.24) is 15.5 Å². The first-order valence-corrected chi connectivity index (χ1v) is 10.7. The van der Waals surface area contributed by atoms with E-state index in [4.69, 9.17) is 26.4 Å². The highest BCUT2D eigenvalue weighted by Crippen LogP contribution is 2.12. The normalized spacial score (nSPS) is 15.3. The maximum Gasteiger partial charge on any atom is 0.308 e. The van der Waals surface area contributed by atoms with Gasteiger partial charge in [0.2, 0.25) is 11.8 Å². The first-order valence-electron chi connectivity index (χ1n) is 10.3. The lowest BCUT2D eigenvalue weighted by Gasteiger charge is -2.36. The molecule has 1 aliphatic heterocycles. The van der Waals surface area contributed by atoms with E-state index in [-0.39, 0.29) is 44.2 Å². The fourth-order valence-electron chi connectivity index (χ4n) is 2.91. The third-order valence-electron chi connectivity index (χ3n) is 4.42. The summed E-state index contributed by atoms with van der Waals surface area (Å²) in [5.74, 6) is -1.29. The molecule has 1 heterocycles. The summed E-state index contributed by atoms with van der Waals surface area (Å²) >= 11 is 5.25. The van der Waals surface area contributed by atoms with Crippen LogP contribution in [0.5, 0.6) is 5.75 Å². The number of amides is 2. The number of hydrogen-bond acceptors (Lipinski definition) is 8. The van der Waals surface area contributed by atoms with Crippen LogP contribution < -0.4 is 15.4 Å². The molecule has 1 aliphatic rings. The number of carbonyl (C=O) groups excluding carboxylic acids is 4. The number of carbonyl (C=O) groups is 4. The molecule has 0 saturated carbocycles. The van der Waals surface area contributed by atoms with Crippen molar-refractivity contribution in [2.24, 2.45) is 0 Å². The van der Waals surface area contributed by atoms with Crippen molar-refractivity contribution in [2.45, 2.75) is 32.2 Å². The second-order valence-electron chi connectivity index (χ2n) is 6.74. The van der Waals surface area contributed by atoms with E-state index in [1.165, 1.54) is 4.90 Å². The van der Waals surface area contributed by atoms with Crippen molar-refractivity contribution < 1.29 is 33.4 Å². The van der Waals surface area contributed by atoms with E-state index < -0.39 is 29.8 Å². The van der Waals surface area contributed by atoms with Crippen LogP contribution in [0.15, 0.2) is 30.3 Å². The molecule has 0 radical (unpaired) electrons. The van der Waals surface area contributed by atoms with E-state index in [0.717, 1.165) is 0 Å². The SMILES string of the molecule is CCOC(=O)CCC(=O)NC(=S)N1CCNC(=O)C1CC(=O)OCCOc1ccccc1. The molecule has 10 nitrogen and oxygen atoms in total. The van der Waals surface area contributed by atoms with Gasteiger partial charge in [-0.3, -0.25) is 19.2 Å². The molecule has 1 aromatic carbocycles. The molecule has 0 spiro atoms. The Labute approximate surface area is 191 Å². The molecule has 11 heteroatoms. The molecular weight excluding hydrogens is 438 g/mol. The van der Waals surface area contributed by atoms with Crippen LogP contribution in [0.4, 0.5) is 0 Å². The van der Waals surface area contributed by atoms with Crippen LogP contribution in [0, 0.1) is 0 Å². The molecule has 0 aliphatic carbocycles. The Morgan fingerprint density at radius 1 is 1.12 bits per heavy atom. The summed E-state index contributed by atoms with van der Waals surface area (Å²) in [6.45, 7) is 2.74. The van der Waals surface area contributed by atoms with Crippen LogP contribution in [0.2, 0.25) is 0 Å². The molecule has 2 N–H and O–H groups in total. The predicted octanol–water partition coefficient (Wildman–Crippen LogP) is 0.544. The summed E-state index contributed by atoms with van der Waals surface area (Å²) in [7, 11) is 0. The average molecular weight is 466 g/mol. The molecule has 0 bridgehead atoms. The molecule has 0 aromatic heterocycles. The van der Waals surface area contributed by atoms with Crippen molar-refractivity contribution in [3.8, 4) is 5.75 Å². The molecule has 1 unspecified atom stereocenters. The molecule has 1 aromatic rings. The lowest BCUT2D eigenvalue weighted by Crippen LogP contribution is -2.60. The summed E-state index contributed by atoms with van der Waals surface area (Å²) in [5, 5.41) is 5.18. The third kappa shape index (κ3) is 8.50. The van der Waals surface area contributed by atoms with Crippen LogP contribution in [0.25, 0.3) is 0 Å². The molecule has 1 saturated heterocycles. The van der Waals surface area contributed by atoms with Crippen LogP contribution in [-0.2, 0) is 28.7 Å². The number of nitrogens with zero attached hydrogens (tertiary/aromatic N) is 1. The summed E-state index contributed by atoms with van der Waals surface area (Å²) in [4.78, 5) is 49.5. The smallest absolute Gasteiger partial charge is 0.308 e. The number of benzene rings is 1. The van der Waals surface area contributed by atoms with Crippen molar-refractivity contribution in [2.75, 3.05) is 32.9 Å². The number of rotatable bonds is 10. The van der Waals surface area contributed by atoms with Crippen molar-refractivity contribution in [1.29, 1.82) is 0 Å². The lowest BCUT2D eigenvalue weighted by molar-refractivity contribution is -0.148. The lowest BCUT2D eigenvalue weighted by atomic mass is 10.1. The van der Waals surface area contributed by atoms with Crippen LogP contribution in [0.1, 0.15) is 26.2 Å². The van der Waals surface area contributed by atoms with E-state index in [2.05, 4.69) is 10.6 Å². The van der Waals surface area contributed by atoms with Gasteiger partial charge in [0.1, 0.15) is 25.0 Å². The van der Waals surface area contributed by atoms with Crippen molar-refractivity contribution in [3.63, 3.8) is 0 Å². The Morgan fingerprint density at radius 2 is 1.88 bits per heavy atom. The molecule has 1 fully saturated rings. The largest absolute Gasteiger partial charge is 0.490 e. The average Bonchev–Trinajstić information content (AvgIpc) is 2.77. The zero-order valence-electron chi connectivity index (χ0n) is 17.8. The van der Waals surface area contributed by atoms with Gasteiger partial charge in [0.15, 0.2) is 5.11 Å². The Bertz CT molecular complexity index is 819. The van der Waals surface area contributed by atoms with Gasteiger partial charge in [-0.1, -0.05) is 18.2 Å². The second-order valence-corrected chi connectivity index (χ2v) is 7.13. The molecule has 2 amide bonds. The highest BCUT2D eigenvalue weighted by atomic mass is 32.1. The Hall–Kier alpha value is -3.21. The Kier molecular flexibility index (Phi) is 10.4. The predicted molar refractivity (Wildman–Crippen MR) is 118 cm³/mol. The number of nitrogens with one attached hydrogen (secondary N) is 2. The van der Waals surface area contributed by atoms with Crippen molar-refractivity contribution >= 4 is 41.1 Å².